The van der Waals surface area contributed by atoms with Crippen molar-refractivity contribution in [2.45, 2.75) is 130 Å². The Morgan fingerprint density at radius 1 is 1.14 bits per heavy atom. The molecule has 7 N–H and O–H groups in total. The molecule has 42 heavy (non-hydrogen) atoms. The molecule has 0 bridgehead atoms. The SMILES string of the molecule is CC(C)CCC[C@@H](C)[C@H]1CC[C@H]2[C@@H]3CC=C4C[C@@H](O)CC(CCOC(=O)[C@@H](N)CCCNC(=N)N)[C@]4(C)[C@H]3CC[C@]12C. The highest BCUT2D eigenvalue weighted by Gasteiger charge is 2.60. The first-order valence-corrected chi connectivity index (χ1v) is 17.3. The number of carbonyl (C=O) groups is 1. The Morgan fingerprint density at radius 3 is 2.62 bits per heavy atom. The molecular weight excluding hydrogens is 524 g/mol. The van der Waals surface area contributed by atoms with Crippen molar-refractivity contribution >= 4 is 11.9 Å². The van der Waals surface area contributed by atoms with Crippen molar-refractivity contribution in [1.82, 2.24) is 5.32 Å². The van der Waals surface area contributed by atoms with Crippen LogP contribution in [0.25, 0.3) is 0 Å². The zero-order chi connectivity index (χ0) is 30.7. The van der Waals surface area contributed by atoms with Gasteiger partial charge in [0.2, 0.25) is 0 Å². The second-order valence-corrected chi connectivity index (χ2v) is 15.5. The third kappa shape index (κ3) is 7.03. The van der Waals surface area contributed by atoms with E-state index >= 15 is 0 Å². The van der Waals surface area contributed by atoms with E-state index in [2.05, 4.69) is 46.0 Å². The van der Waals surface area contributed by atoms with E-state index in [1.54, 1.807) is 0 Å². The highest BCUT2D eigenvalue weighted by atomic mass is 16.5. The molecule has 0 aromatic rings. The largest absolute Gasteiger partial charge is 0.465 e. The van der Waals surface area contributed by atoms with Crippen molar-refractivity contribution < 1.29 is 14.6 Å². The minimum Gasteiger partial charge on any atom is -0.465 e. The summed E-state index contributed by atoms with van der Waals surface area (Å²) >= 11 is 0. The number of hydrogen-bond acceptors (Lipinski definition) is 5. The van der Waals surface area contributed by atoms with Crippen LogP contribution in [0.3, 0.4) is 0 Å². The van der Waals surface area contributed by atoms with Crippen molar-refractivity contribution in [3.8, 4) is 0 Å². The molecule has 0 radical (unpaired) electrons. The molecule has 3 saturated carbocycles. The average Bonchev–Trinajstić information content (AvgIpc) is 3.28. The van der Waals surface area contributed by atoms with Gasteiger partial charge in [-0.15, -0.1) is 0 Å². The molecular formula is C35H62N4O3. The van der Waals surface area contributed by atoms with Crippen LogP contribution >= 0.6 is 0 Å². The molecule has 0 aromatic carbocycles. The van der Waals surface area contributed by atoms with Crippen molar-refractivity contribution in [1.29, 1.82) is 5.41 Å². The van der Waals surface area contributed by atoms with E-state index in [0.29, 0.717) is 43.2 Å². The second-order valence-electron chi connectivity index (χ2n) is 15.5. The zero-order valence-corrected chi connectivity index (χ0v) is 27.3. The first-order valence-electron chi connectivity index (χ1n) is 17.3. The van der Waals surface area contributed by atoms with Gasteiger partial charge in [-0.2, -0.15) is 0 Å². The van der Waals surface area contributed by atoms with Crippen molar-refractivity contribution in [2.75, 3.05) is 13.2 Å². The minimum atomic E-state index is -0.667. The van der Waals surface area contributed by atoms with Gasteiger partial charge in [-0.25, -0.2) is 0 Å². The van der Waals surface area contributed by atoms with E-state index in [1.807, 2.05) is 0 Å². The number of nitrogens with one attached hydrogen (secondary N) is 2. The van der Waals surface area contributed by atoms with Gasteiger partial charge < -0.3 is 26.6 Å². The molecule has 0 aromatic heterocycles. The van der Waals surface area contributed by atoms with Crippen LogP contribution in [0.15, 0.2) is 11.6 Å². The van der Waals surface area contributed by atoms with Gasteiger partial charge in [0.15, 0.2) is 5.96 Å². The van der Waals surface area contributed by atoms with Crippen LogP contribution < -0.4 is 16.8 Å². The van der Waals surface area contributed by atoms with Crippen LogP contribution in [0.1, 0.15) is 118 Å². The molecule has 7 heteroatoms. The minimum absolute atomic E-state index is 0.0668. The summed E-state index contributed by atoms with van der Waals surface area (Å²) in [5.41, 5.74) is 13.4. The van der Waals surface area contributed by atoms with E-state index in [4.69, 9.17) is 21.6 Å². The first-order chi connectivity index (χ1) is 19.9. The number of aliphatic hydroxyl groups is 1. The molecule has 0 heterocycles. The Morgan fingerprint density at radius 2 is 1.90 bits per heavy atom. The lowest BCUT2D eigenvalue weighted by Gasteiger charge is -2.60. The Balaban J connectivity index is 1.39. The fraction of sp³-hybridized carbons (Fsp3) is 0.886. The number of aliphatic hydroxyl groups excluding tert-OH is 1. The van der Waals surface area contributed by atoms with Gasteiger partial charge in [0.25, 0.3) is 0 Å². The quantitative estimate of drug-likeness (QED) is 0.0579. The Labute approximate surface area is 255 Å². The van der Waals surface area contributed by atoms with Crippen molar-refractivity contribution in [3.63, 3.8) is 0 Å². The monoisotopic (exact) mass is 586 g/mol. The average molecular weight is 587 g/mol. The molecule has 0 saturated heterocycles. The smallest absolute Gasteiger partial charge is 0.322 e. The molecule has 0 amide bonds. The van der Waals surface area contributed by atoms with Crippen LogP contribution in [0, 0.1) is 57.7 Å². The fourth-order valence-corrected chi connectivity index (χ4v) is 10.4. The summed E-state index contributed by atoms with van der Waals surface area (Å²) < 4.78 is 5.70. The van der Waals surface area contributed by atoms with Crippen LogP contribution in [-0.4, -0.2) is 42.3 Å². The molecule has 3 fully saturated rings. The van der Waals surface area contributed by atoms with E-state index in [1.165, 1.54) is 56.9 Å². The van der Waals surface area contributed by atoms with Crippen molar-refractivity contribution in [3.05, 3.63) is 11.6 Å². The van der Waals surface area contributed by atoms with Gasteiger partial charge in [0, 0.05) is 6.54 Å². The number of carbonyl (C=O) groups excluding carboxylic acids is 1. The van der Waals surface area contributed by atoms with Crippen molar-refractivity contribution in [2.24, 2.45) is 63.7 Å². The van der Waals surface area contributed by atoms with Crippen LogP contribution in [-0.2, 0) is 9.53 Å². The zero-order valence-electron chi connectivity index (χ0n) is 27.3. The molecule has 0 aliphatic heterocycles. The van der Waals surface area contributed by atoms with Gasteiger partial charge in [-0.1, -0.05) is 65.5 Å². The summed E-state index contributed by atoms with van der Waals surface area (Å²) in [6.07, 6.45) is 16.4. The van der Waals surface area contributed by atoms with Crippen LogP contribution in [0.5, 0.6) is 0 Å². The standard InChI is InChI=1S/C35H62N4O3/c1-22(2)8-6-9-23(3)28-13-14-29-27-12-11-24-20-26(40)21-25(35(24,5)30(27)15-17-34(28,29)4)16-19-42-32(41)31(36)10-7-18-39-33(37)38/h11,22-23,25-31,40H,6-10,12-21,36H2,1-5H3,(H4,37,38,39)/t23-,25?,26-,27+,28-,29+,30+,31+,34-,35-/m1/s1. The van der Waals surface area contributed by atoms with E-state index in [9.17, 15) is 9.90 Å². The van der Waals surface area contributed by atoms with Crippen LogP contribution in [0.4, 0.5) is 0 Å². The Bertz CT molecular complexity index is 968. The number of rotatable bonds is 13. The van der Waals surface area contributed by atoms with Gasteiger partial charge in [-0.3, -0.25) is 10.2 Å². The summed E-state index contributed by atoms with van der Waals surface area (Å²) in [6.45, 7) is 13.2. The lowest BCUT2D eigenvalue weighted by atomic mass is 9.44. The summed E-state index contributed by atoms with van der Waals surface area (Å²) in [6, 6.07) is -0.667. The second kappa shape index (κ2) is 14.0. The first kappa shape index (κ1) is 33.3. The lowest BCUT2D eigenvalue weighted by molar-refractivity contribution is -0.146. The number of fused-ring (bicyclic) bond motifs is 5. The molecule has 4 aliphatic rings. The lowest BCUT2D eigenvalue weighted by Crippen LogP contribution is -2.54. The number of nitrogens with two attached hydrogens (primary N) is 2. The van der Waals surface area contributed by atoms with Crippen LogP contribution in [0.2, 0.25) is 0 Å². The third-order valence-corrected chi connectivity index (χ3v) is 12.6. The van der Waals surface area contributed by atoms with Gasteiger partial charge in [0.05, 0.1) is 12.7 Å². The molecule has 10 atom stereocenters. The maximum absolute atomic E-state index is 12.6. The predicted molar refractivity (Wildman–Crippen MR) is 171 cm³/mol. The number of hydrogen-bond donors (Lipinski definition) is 5. The third-order valence-electron chi connectivity index (χ3n) is 12.6. The summed E-state index contributed by atoms with van der Waals surface area (Å²) in [4.78, 5) is 12.6. The van der Waals surface area contributed by atoms with E-state index < -0.39 is 6.04 Å². The maximum Gasteiger partial charge on any atom is 0.322 e. The highest BCUT2D eigenvalue weighted by molar-refractivity contribution is 5.75. The fourth-order valence-electron chi connectivity index (χ4n) is 10.4. The number of ether oxygens (including phenoxy) is 1. The van der Waals surface area contributed by atoms with Gasteiger partial charge >= 0.3 is 5.97 Å². The van der Waals surface area contributed by atoms with E-state index in [-0.39, 0.29) is 23.4 Å². The number of esters is 1. The predicted octanol–water partition coefficient (Wildman–Crippen LogP) is 6.14. The van der Waals surface area contributed by atoms with Gasteiger partial charge in [0.1, 0.15) is 6.04 Å². The normalized spacial score (nSPS) is 37.2. The summed E-state index contributed by atoms with van der Waals surface area (Å²) in [7, 11) is 0. The summed E-state index contributed by atoms with van der Waals surface area (Å²) in [5, 5.41) is 20.9. The topological polar surface area (TPSA) is 134 Å². The maximum atomic E-state index is 12.6. The number of allylic oxidation sites excluding steroid dienone is 1. The van der Waals surface area contributed by atoms with Gasteiger partial charge in [-0.05, 0) is 116 Å². The molecule has 0 spiro atoms. The molecule has 1 unspecified atom stereocenters. The molecule has 240 valence electrons. The molecule has 7 nitrogen and oxygen atoms in total. The number of guanidine groups is 1. The summed E-state index contributed by atoms with van der Waals surface area (Å²) in [5.74, 6) is 4.50. The molecule has 4 aliphatic carbocycles. The molecule has 4 rings (SSSR count). The Hall–Kier alpha value is -1.60. The Kier molecular flexibility index (Phi) is 11.1. The highest BCUT2D eigenvalue weighted by Crippen LogP contribution is 2.68. The van der Waals surface area contributed by atoms with E-state index in [0.717, 1.165) is 48.9 Å².